The highest BCUT2D eigenvalue weighted by molar-refractivity contribution is 5.85. The second kappa shape index (κ2) is 11.7. The minimum Gasteiger partial charge on any atom is -0.493 e. The summed E-state index contributed by atoms with van der Waals surface area (Å²) in [6, 6.07) is 11.4. The summed E-state index contributed by atoms with van der Waals surface area (Å²) in [7, 11) is 6.76. The van der Waals surface area contributed by atoms with Gasteiger partial charge in [0, 0.05) is 30.6 Å². The molecule has 0 radical (unpaired) electrons. The molecular weight excluding hydrogens is 464 g/mol. The van der Waals surface area contributed by atoms with Crippen LogP contribution in [0.25, 0.3) is 0 Å². The Balaban J connectivity index is 0.00000342. The van der Waals surface area contributed by atoms with Crippen LogP contribution in [0, 0.1) is 5.92 Å². The molecule has 0 bridgehead atoms. The molecule has 4 rings (SSSR count). The van der Waals surface area contributed by atoms with E-state index in [1.54, 1.807) is 28.4 Å². The van der Waals surface area contributed by atoms with E-state index in [1.807, 2.05) is 6.07 Å². The van der Waals surface area contributed by atoms with Crippen LogP contribution in [0.4, 0.5) is 0 Å². The number of piperidine rings is 1. The van der Waals surface area contributed by atoms with Crippen LogP contribution in [-0.2, 0) is 0 Å². The lowest BCUT2D eigenvalue weighted by Crippen LogP contribution is -2.55. The van der Waals surface area contributed by atoms with Crippen molar-refractivity contribution < 1.29 is 18.9 Å². The molecule has 1 saturated heterocycles. The molecule has 2 aliphatic rings. The smallest absolute Gasteiger partial charge is 0.161 e. The van der Waals surface area contributed by atoms with Gasteiger partial charge in [-0.25, -0.2) is 0 Å². The zero-order valence-electron chi connectivity index (χ0n) is 21.9. The number of ether oxygens (including phenoxy) is 4. The lowest BCUT2D eigenvalue weighted by molar-refractivity contribution is 0.0349. The molecule has 1 fully saturated rings. The number of unbranched alkanes of at least 4 members (excludes halogenated alkanes) is 1. The molecule has 0 aromatic heterocycles. The fourth-order valence-corrected chi connectivity index (χ4v) is 6.07. The minimum absolute atomic E-state index is 0. The summed E-state index contributed by atoms with van der Waals surface area (Å²) in [5, 5.41) is 0. The Bertz CT molecular complexity index is 1000. The summed E-state index contributed by atoms with van der Waals surface area (Å²) in [4.78, 5) is 2.68. The van der Waals surface area contributed by atoms with Gasteiger partial charge in [0.1, 0.15) is 0 Å². The van der Waals surface area contributed by atoms with E-state index in [4.69, 9.17) is 24.7 Å². The Hall–Kier alpha value is -2.15. The van der Waals surface area contributed by atoms with E-state index in [2.05, 4.69) is 43.0 Å². The third-order valence-electron chi connectivity index (χ3n) is 7.93. The van der Waals surface area contributed by atoms with Crippen molar-refractivity contribution in [3.63, 3.8) is 0 Å². The van der Waals surface area contributed by atoms with Gasteiger partial charge in [-0.1, -0.05) is 25.8 Å². The topological polar surface area (TPSA) is 66.2 Å². The van der Waals surface area contributed by atoms with Gasteiger partial charge in [-0.05, 0) is 66.6 Å². The summed E-state index contributed by atoms with van der Waals surface area (Å²) in [5.74, 6) is 3.69. The Morgan fingerprint density at radius 1 is 0.886 bits per heavy atom. The standard InChI is InChI=1S/C28H40N2O4.ClH/c1-7-8-9-19-16-30-17(2)28(18-10-11-24(31-3)25(12-18)32-4)21-14-27(34-6)26(33-5)13-20(21)23(30)15-22(19)29;/h10-14,17,19,22-23,28H,7-9,15-16,29H2,1-6H3;1H. The molecule has 2 aromatic rings. The molecule has 2 heterocycles. The highest BCUT2D eigenvalue weighted by Gasteiger charge is 2.45. The van der Waals surface area contributed by atoms with E-state index in [0.717, 1.165) is 36.0 Å². The van der Waals surface area contributed by atoms with Crippen LogP contribution in [0.15, 0.2) is 30.3 Å². The van der Waals surface area contributed by atoms with Gasteiger partial charge in [-0.3, -0.25) is 4.90 Å². The molecular formula is C28H41ClN2O4. The van der Waals surface area contributed by atoms with Gasteiger partial charge in [-0.15, -0.1) is 12.4 Å². The van der Waals surface area contributed by atoms with Crippen LogP contribution in [0.2, 0.25) is 0 Å². The van der Waals surface area contributed by atoms with Crippen molar-refractivity contribution in [2.24, 2.45) is 11.7 Å². The Kier molecular flexibility index (Phi) is 9.19. The molecule has 0 aliphatic carbocycles. The first-order valence-electron chi connectivity index (χ1n) is 12.5. The highest BCUT2D eigenvalue weighted by Crippen LogP contribution is 2.51. The summed E-state index contributed by atoms with van der Waals surface area (Å²) in [6.07, 6.45) is 4.58. The SMILES string of the molecule is CCCCC1CN2C(CC1N)c1cc(OC)c(OC)cc1C(c1ccc(OC)c(OC)c1)C2C.Cl. The molecule has 7 heteroatoms. The van der Waals surface area contributed by atoms with Gasteiger partial charge >= 0.3 is 0 Å². The van der Waals surface area contributed by atoms with Crippen LogP contribution in [-0.4, -0.2) is 52.0 Å². The van der Waals surface area contributed by atoms with Crippen molar-refractivity contribution in [2.75, 3.05) is 35.0 Å². The third-order valence-corrected chi connectivity index (χ3v) is 7.93. The van der Waals surface area contributed by atoms with Crippen molar-refractivity contribution in [3.05, 3.63) is 47.0 Å². The third kappa shape index (κ3) is 5.07. The lowest BCUT2D eigenvalue weighted by Gasteiger charge is -2.52. The van der Waals surface area contributed by atoms with E-state index >= 15 is 0 Å². The van der Waals surface area contributed by atoms with Crippen molar-refractivity contribution in [3.8, 4) is 23.0 Å². The van der Waals surface area contributed by atoms with E-state index in [9.17, 15) is 0 Å². The summed E-state index contributed by atoms with van der Waals surface area (Å²) < 4.78 is 22.6. The predicted octanol–water partition coefficient (Wildman–Crippen LogP) is 5.56. The van der Waals surface area contributed by atoms with Crippen LogP contribution >= 0.6 is 12.4 Å². The van der Waals surface area contributed by atoms with Crippen LogP contribution in [0.5, 0.6) is 23.0 Å². The fourth-order valence-electron chi connectivity index (χ4n) is 6.07. The molecule has 35 heavy (non-hydrogen) atoms. The molecule has 194 valence electrons. The minimum atomic E-state index is 0. The number of halogens is 1. The maximum Gasteiger partial charge on any atom is 0.161 e. The molecule has 0 amide bonds. The van der Waals surface area contributed by atoms with E-state index < -0.39 is 0 Å². The fraction of sp³-hybridized carbons (Fsp3) is 0.571. The number of benzene rings is 2. The maximum absolute atomic E-state index is 6.76. The predicted molar refractivity (Wildman–Crippen MR) is 143 cm³/mol. The van der Waals surface area contributed by atoms with Gasteiger partial charge in [0.2, 0.25) is 0 Å². The van der Waals surface area contributed by atoms with Gasteiger partial charge in [0.25, 0.3) is 0 Å². The first kappa shape index (κ1) is 27.4. The first-order valence-corrected chi connectivity index (χ1v) is 12.5. The first-order chi connectivity index (χ1) is 16.5. The number of fused-ring (bicyclic) bond motifs is 3. The highest BCUT2D eigenvalue weighted by atomic mass is 35.5. The van der Waals surface area contributed by atoms with Crippen molar-refractivity contribution in [1.82, 2.24) is 4.90 Å². The summed E-state index contributed by atoms with van der Waals surface area (Å²) in [5.41, 5.74) is 10.5. The molecule has 0 saturated carbocycles. The Labute approximate surface area is 216 Å². The van der Waals surface area contributed by atoms with E-state index in [-0.39, 0.29) is 30.4 Å². The molecule has 6 nitrogen and oxygen atoms in total. The lowest BCUT2D eigenvalue weighted by atomic mass is 9.71. The quantitative estimate of drug-likeness (QED) is 0.508. The van der Waals surface area contributed by atoms with Gasteiger partial charge in [0.15, 0.2) is 23.0 Å². The van der Waals surface area contributed by atoms with Gasteiger partial charge in [-0.2, -0.15) is 0 Å². The number of nitrogens with two attached hydrogens (primary N) is 1. The average Bonchev–Trinajstić information content (AvgIpc) is 2.86. The second-order valence-corrected chi connectivity index (χ2v) is 9.68. The zero-order valence-corrected chi connectivity index (χ0v) is 22.7. The number of methoxy groups -OCH3 is 4. The van der Waals surface area contributed by atoms with Crippen molar-refractivity contribution in [2.45, 2.75) is 63.6 Å². The molecule has 2 aliphatic heterocycles. The van der Waals surface area contributed by atoms with Crippen molar-refractivity contribution in [1.29, 1.82) is 0 Å². The number of rotatable bonds is 8. The average molecular weight is 505 g/mol. The normalized spacial score (nSPS) is 25.6. The van der Waals surface area contributed by atoms with Crippen LogP contribution in [0.1, 0.15) is 68.2 Å². The number of hydrogen-bond donors (Lipinski definition) is 1. The van der Waals surface area contributed by atoms with Crippen LogP contribution in [0.3, 0.4) is 0 Å². The number of nitrogens with zero attached hydrogens (tertiary/aromatic N) is 1. The molecule has 0 spiro atoms. The van der Waals surface area contributed by atoms with E-state index in [0.29, 0.717) is 12.0 Å². The summed E-state index contributed by atoms with van der Waals surface area (Å²) >= 11 is 0. The number of hydrogen-bond acceptors (Lipinski definition) is 6. The van der Waals surface area contributed by atoms with Crippen molar-refractivity contribution >= 4 is 12.4 Å². The molecule has 2 N–H and O–H groups in total. The maximum atomic E-state index is 6.76. The monoisotopic (exact) mass is 504 g/mol. The molecule has 5 unspecified atom stereocenters. The second-order valence-electron chi connectivity index (χ2n) is 9.68. The largest absolute Gasteiger partial charge is 0.493 e. The molecule has 2 aromatic carbocycles. The molecule has 5 atom stereocenters. The van der Waals surface area contributed by atoms with E-state index in [1.165, 1.54) is 36.0 Å². The Morgan fingerprint density at radius 2 is 1.49 bits per heavy atom. The van der Waals surface area contributed by atoms with Crippen LogP contribution < -0.4 is 24.7 Å². The van der Waals surface area contributed by atoms with Gasteiger partial charge < -0.3 is 24.7 Å². The zero-order chi connectivity index (χ0) is 24.4. The van der Waals surface area contributed by atoms with Gasteiger partial charge in [0.05, 0.1) is 28.4 Å². The summed E-state index contributed by atoms with van der Waals surface area (Å²) in [6.45, 7) is 5.62. The Morgan fingerprint density at radius 3 is 2.09 bits per heavy atom.